The number of hydrogen-bond donors (Lipinski definition) is 0. The minimum Gasteiger partial charge on any atom is -0.459 e. The van der Waals surface area contributed by atoms with Gasteiger partial charge in [0.05, 0.1) is 13.2 Å². The van der Waals surface area contributed by atoms with Gasteiger partial charge >= 0.3 is 13.6 Å². The molecule has 0 aliphatic carbocycles. The van der Waals surface area contributed by atoms with Crippen LogP contribution >= 0.6 is 7.60 Å². The third kappa shape index (κ3) is 7.40. The van der Waals surface area contributed by atoms with Crippen molar-refractivity contribution in [2.45, 2.75) is 78.0 Å². The van der Waals surface area contributed by atoms with E-state index in [2.05, 4.69) is 19.6 Å². The lowest BCUT2D eigenvalue weighted by Gasteiger charge is -2.32. The maximum absolute atomic E-state index is 13.1. The Labute approximate surface area is 136 Å². The van der Waals surface area contributed by atoms with Gasteiger partial charge in [0, 0.05) is 8.07 Å². The van der Waals surface area contributed by atoms with Crippen LogP contribution in [-0.2, 0) is 23.1 Å². The SMILES string of the molecule is CCOP(=O)(OCC)C(C[Si](C)(C)C)C(=O)OC(C)(C)CC. The van der Waals surface area contributed by atoms with Crippen LogP contribution in [0.3, 0.4) is 0 Å². The average Bonchev–Trinajstić information content (AvgIpc) is 2.35. The molecule has 0 aromatic rings. The van der Waals surface area contributed by atoms with Crippen molar-refractivity contribution in [1.82, 2.24) is 0 Å². The first-order valence-electron chi connectivity index (χ1n) is 8.02. The molecular formula is C15H33O5PSi. The van der Waals surface area contributed by atoms with Gasteiger partial charge in [-0.05, 0) is 40.2 Å². The molecule has 0 heterocycles. The van der Waals surface area contributed by atoms with Crippen LogP contribution in [0, 0.1) is 0 Å². The van der Waals surface area contributed by atoms with Crippen LogP contribution in [0.5, 0.6) is 0 Å². The summed E-state index contributed by atoms with van der Waals surface area (Å²) in [4.78, 5) is 12.7. The first-order valence-corrected chi connectivity index (χ1v) is 13.3. The molecule has 0 saturated carbocycles. The molecule has 0 aromatic carbocycles. The van der Waals surface area contributed by atoms with Crippen molar-refractivity contribution in [3.05, 3.63) is 0 Å². The Hall–Kier alpha value is -0.163. The lowest BCUT2D eigenvalue weighted by molar-refractivity contribution is -0.156. The Bertz CT molecular complexity index is 393. The summed E-state index contributed by atoms with van der Waals surface area (Å²) in [6, 6.07) is 0.517. The molecule has 7 heteroatoms. The first-order chi connectivity index (χ1) is 9.90. The quantitative estimate of drug-likeness (QED) is 0.324. The summed E-state index contributed by atoms with van der Waals surface area (Å²) in [5, 5.41) is 0. The highest BCUT2D eigenvalue weighted by atomic mass is 31.2. The minimum absolute atomic E-state index is 0.240. The zero-order valence-corrected chi connectivity index (χ0v) is 17.3. The van der Waals surface area contributed by atoms with Crippen molar-refractivity contribution in [3.63, 3.8) is 0 Å². The van der Waals surface area contributed by atoms with Gasteiger partial charge in [-0.15, -0.1) is 0 Å². The lowest BCUT2D eigenvalue weighted by atomic mass is 10.1. The summed E-state index contributed by atoms with van der Waals surface area (Å²) in [6.45, 7) is 16.0. The molecule has 0 aliphatic rings. The maximum Gasteiger partial charge on any atom is 0.344 e. The molecule has 1 atom stereocenters. The third-order valence-electron chi connectivity index (χ3n) is 3.31. The van der Waals surface area contributed by atoms with E-state index in [4.69, 9.17) is 13.8 Å². The van der Waals surface area contributed by atoms with Crippen molar-refractivity contribution in [3.8, 4) is 0 Å². The smallest absolute Gasteiger partial charge is 0.344 e. The van der Waals surface area contributed by atoms with Crippen LogP contribution in [0.25, 0.3) is 0 Å². The standard InChI is InChI=1S/C15H33O5PSi/c1-9-15(4,5)20-14(16)13(12-22(6,7)8)21(17,18-10-2)19-11-3/h13H,9-12H2,1-8H3. The molecule has 0 saturated heterocycles. The summed E-state index contributed by atoms with van der Waals surface area (Å²) in [5.74, 6) is -0.473. The number of rotatable bonds is 10. The highest BCUT2D eigenvalue weighted by Crippen LogP contribution is 2.56. The summed E-state index contributed by atoms with van der Waals surface area (Å²) in [7, 11) is -5.19. The summed E-state index contributed by atoms with van der Waals surface area (Å²) in [5.41, 5.74) is -1.43. The van der Waals surface area contributed by atoms with Crippen LogP contribution in [0.2, 0.25) is 25.7 Å². The van der Waals surface area contributed by atoms with E-state index in [0.717, 1.165) is 0 Å². The molecule has 0 rings (SSSR count). The normalized spacial score (nSPS) is 14.7. The van der Waals surface area contributed by atoms with E-state index in [1.165, 1.54) is 0 Å². The fourth-order valence-electron chi connectivity index (χ4n) is 1.89. The Kier molecular flexibility index (Phi) is 8.56. The monoisotopic (exact) mass is 352 g/mol. The van der Waals surface area contributed by atoms with Crippen molar-refractivity contribution < 1.29 is 23.1 Å². The van der Waals surface area contributed by atoms with E-state index in [0.29, 0.717) is 12.5 Å². The zero-order chi connectivity index (χ0) is 17.6. The number of hydrogen-bond acceptors (Lipinski definition) is 5. The van der Waals surface area contributed by atoms with Gasteiger partial charge in [-0.2, -0.15) is 0 Å². The van der Waals surface area contributed by atoms with E-state index in [9.17, 15) is 9.36 Å². The lowest BCUT2D eigenvalue weighted by Crippen LogP contribution is -2.38. The molecule has 0 radical (unpaired) electrons. The number of carbonyl (C=O) groups is 1. The predicted octanol–water partition coefficient (Wildman–Crippen LogP) is 4.69. The molecule has 0 fully saturated rings. The van der Waals surface area contributed by atoms with Crippen LogP contribution in [0.15, 0.2) is 0 Å². The second-order valence-electron chi connectivity index (χ2n) is 7.19. The summed E-state index contributed by atoms with van der Waals surface area (Å²) in [6.07, 6.45) is 0.686. The summed E-state index contributed by atoms with van der Waals surface area (Å²) >= 11 is 0. The third-order valence-corrected chi connectivity index (χ3v) is 7.68. The number of ether oxygens (including phenoxy) is 1. The van der Waals surface area contributed by atoms with Crippen LogP contribution in [0.4, 0.5) is 0 Å². The van der Waals surface area contributed by atoms with Gasteiger partial charge in [0.1, 0.15) is 5.60 Å². The van der Waals surface area contributed by atoms with Gasteiger partial charge in [-0.3, -0.25) is 9.36 Å². The topological polar surface area (TPSA) is 61.8 Å². The Morgan fingerprint density at radius 1 is 1.09 bits per heavy atom. The van der Waals surface area contributed by atoms with E-state index < -0.39 is 32.9 Å². The molecule has 0 N–H and O–H groups in total. The van der Waals surface area contributed by atoms with E-state index in [-0.39, 0.29) is 13.2 Å². The van der Waals surface area contributed by atoms with Gasteiger partial charge in [-0.25, -0.2) is 0 Å². The van der Waals surface area contributed by atoms with E-state index in [1.54, 1.807) is 13.8 Å². The van der Waals surface area contributed by atoms with Crippen molar-refractivity contribution >= 4 is 21.6 Å². The average molecular weight is 352 g/mol. The molecule has 0 aliphatic heterocycles. The van der Waals surface area contributed by atoms with Crippen molar-refractivity contribution in [2.75, 3.05) is 13.2 Å². The second-order valence-corrected chi connectivity index (χ2v) is 14.9. The van der Waals surface area contributed by atoms with Crippen LogP contribution in [0.1, 0.15) is 41.0 Å². The number of esters is 1. The van der Waals surface area contributed by atoms with E-state index >= 15 is 0 Å². The van der Waals surface area contributed by atoms with E-state index in [1.807, 2.05) is 20.8 Å². The zero-order valence-electron chi connectivity index (χ0n) is 15.4. The predicted molar refractivity (Wildman–Crippen MR) is 93.3 cm³/mol. The largest absolute Gasteiger partial charge is 0.459 e. The van der Waals surface area contributed by atoms with Gasteiger partial charge in [0.2, 0.25) is 0 Å². The first kappa shape index (κ1) is 21.8. The van der Waals surface area contributed by atoms with Crippen LogP contribution < -0.4 is 0 Å². The van der Waals surface area contributed by atoms with Gasteiger partial charge in [0.25, 0.3) is 0 Å². The molecule has 132 valence electrons. The highest BCUT2D eigenvalue weighted by molar-refractivity contribution is 7.56. The fourth-order valence-corrected chi connectivity index (χ4v) is 7.22. The molecule has 0 aromatic heterocycles. The molecule has 0 spiro atoms. The Morgan fingerprint density at radius 3 is 1.86 bits per heavy atom. The molecular weight excluding hydrogens is 319 g/mol. The van der Waals surface area contributed by atoms with Crippen molar-refractivity contribution in [2.24, 2.45) is 0 Å². The summed E-state index contributed by atoms with van der Waals surface area (Å²) < 4.78 is 29.5. The second kappa shape index (κ2) is 8.62. The maximum atomic E-state index is 13.1. The van der Waals surface area contributed by atoms with Crippen LogP contribution in [-0.4, -0.2) is 38.5 Å². The van der Waals surface area contributed by atoms with Crippen molar-refractivity contribution in [1.29, 1.82) is 0 Å². The van der Waals surface area contributed by atoms with Gasteiger partial charge < -0.3 is 13.8 Å². The molecule has 5 nitrogen and oxygen atoms in total. The molecule has 22 heavy (non-hydrogen) atoms. The Balaban J connectivity index is 5.52. The number of carbonyl (C=O) groups excluding carboxylic acids is 1. The fraction of sp³-hybridized carbons (Fsp3) is 0.933. The molecule has 1 unspecified atom stereocenters. The highest BCUT2D eigenvalue weighted by Gasteiger charge is 2.45. The Morgan fingerprint density at radius 2 is 1.55 bits per heavy atom. The molecule has 0 amide bonds. The molecule has 0 bridgehead atoms. The van der Waals surface area contributed by atoms with Gasteiger partial charge in [0.15, 0.2) is 5.66 Å². The van der Waals surface area contributed by atoms with Gasteiger partial charge in [-0.1, -0.05) is 26.6 Å². The minimum atomic E-state index is -3.52.